The van der Waals surface area contributed by atoms with Crippen LogP contribution in [0.3, 0.4) is 0 Å². The minimum absolute atomic E-state index is 0.101. The van der Waals surface area contributed by atoms with Gasteiger partial charge in [-0.05, 0) is 56.5 Å². The number of rotatable bonds is 8. The number of hydrogen-bond donors (Lipinski definition) is 1. The Kier molecular flexibility index (Phi) is 6.87. The number of carbonyl (C=O) groups excluding carboxylic acids is 1. The first-order valence-corrected chi connectivity index (χ1v) is 8.82. The SMILES string of the molecule is CCOc1ccc(C(C)NC(=O)C(C)Oc2ccccc2CC)cc1. The van der Waals surface area contributed by atoms with E-state index in [1.165, 1.54) is 0 Å². The molecule has 0 radical (unpaired) electrons. The molecule has 0 aliphatic rings. The molecule has 2 rings (SSSR count). The first-order valence-electron chi connectivity index (χ1n) is 8.82. The Morgan fingerprint density at radius 1 is 1.04 bits per heavy atom. The largest absolute Gasteiger partial charge is 0.494 e. The van der Waals surface area contributed by atoms with Crippen molar-refractivity contribution in [3.63, 3.8) is 0 Å². The Labute approximate surface area is 150 Å². The summed E-state index contributed by atoms with van der Waals surface area (Å²) in [5, 5.41) is 3.00. The van der Waals surface area contributed by atoms with Crippen LogP contribution < -0.4 is 14.8 Å². The number of nitrogens with one attached hydrogen (secondary N) is 1. The van der Waals surface area contributed by atoms with E-state index in [1.807, 2.05) is 62.4 Å². The maximum Gasteiger partial charge on any atom is 0.261 e. The van der Waals surface area contributed by atoms with Crippen LogP contribution in [0, 0.1) is 0 Å². The minimum atomic E-state index is -0.558. The van der Waals surface area contributed by atoms with Gasteiger partial charge in [-0.2, -0.15) is 0 Å². The molecule has 2 aromatic carbocycles. The van der Waals surface area contributed by atoms with Crippen LogP contribution in [0.2, 0.25) is 0 Å². The van der Waals surface area contributed by atoms with E-state index < -0.39 is 6.10 Å². The van der Waals surface area contributed by atoms with E-state index in [0.29, 0.717) is 6.61 Å². The molecule has 1 amide bonds. The van der Waals surface area contributed by atoms with Crippen LogP contribution in [-0.2, 0) is 11.2 Å². The van der Waals surface area contributed by atoms with Crippen LogP contribution >= 0.6 is 0 Å². The second-order valence-corrected chi connectivity index (χ2v) is 5.95. The van der Waals surface area contributed by atoms with Crippen LogP contribution in [0.25, 0.3) is 0 Å². The van der Waals surface area contributed by atoms with Gasteiger partial charge in [-0.15, -0.1) is 0 Å². The fraction of sp³-hybridized carbons (Fsp3) is 0.381. The lowest BCUT2D eigenvalue weighted by molar-refractivity contribution is -0.127. The molecule has 0 heterocycles. The number of amides is 1. The molecule has 0 aliphatic carbocycles. The third-order valence-corrected chi connectivity index (χ3v) is 4.08. The van der Waals surface area contributed by atoms with Gasteiger partial charge < -0.3 is 14.8 Å². The van der Waals surface area contributed by atoms with E-state index in [2.05, 4.69) is 12.2 Å². The highest BCUT2D eigenvalue weighted by Gasteiger charge is 2.18. The van der Waals surface area contributed by atoms with E-state index in [1.54, 1.807) is 6.92 Å². The standard InChI is InChI=1S/C21H27NO3/c1-5-17-9-7-8-10-20(17)25-16(4)21(23)22-15(3)18-11-13-19(14-12-18)24-6-2/h7-16H,5-6H2,1-4H3,(H,22,23). The molecule has 2 atom stereocenters. The molecule has 1 N–H and O–H groups in total. The molecule has 0 bridgehead atoms. The summed E-state index contributed by atoms with van der Waals surface area (Å²) < 4.78 is 11.3. The summed E-state index contributed by atoms with van der Waals surface area (Å²) in [5.41, 5.74) is 2.12. The number of para-hydroxylation sites is 1. The van der Waals surface area contributed by atoms with E-state index in [9.17, 15) is 4.79 Å². The van der Waals surface area contributed by atoms with Gasteiger partial charge in [0.25, 0.3) is 5.91 Å². The van der Waals surface area contributed by atoms with Crippen molar-refractivity contribution in [2.45, 2.75) is 46.3 Å². The molecule has 0 aliphatic heterocycles. The van der Waals surface area contributed by atoms with Gasteiger partial charge in [0.15, 0.2) is 6.10 Å². The van der Waals surface area contributed by atoms with Gasteiger partial charge in [-0.25, -0.2) is 0 Å². The molecule has 2 unspecified atom stereocenters. The van der Waals surface area contributed by atoms with E-state index in [-0.39, 0.29) is 11.9 Å². The fourth-order valence-corrected chi connectivity index (χ4v) is 2.59. The van der Waals surface area contributed by atoms with Crippen molar-refractivity contribution in [1.82, 2.24) is 5.32 Å². The summed E-state index contributed by atoms with van der Waals surface area (Å²) in [4.78, 5) is 12.4. The van der Waals surface area contributed by atoms with Gasteiger partial charge in [-0.1, -0.05) is 37.3 Å². The molecule has 134 valence electrons. The summed E-state index contributed by atoms with van der Waals surface area (Å²) in [6, 6.07) is 15.5. The van der Waals surface area contributed by atoms with Crippen molar-refractivity contribution in [2.75, 3.05) is 6.61 Å². The predicted molar refractivity (Wildman–Crippen MR) is 100 cm³/mol. The van der Waals surface area contributed by atoms with Gasteiger partial charge in [-0.3, -0.25) is 4.79 Å². The number of carbonyl (C=O) groups is 1. The minimum Gasteiger partial charge on any atom is -0.494 e. The van der Waals surface area contributed by atoms with E-state index >= 15 is 0 Å². The number of hydrogen-bond acceptors (Lipinski definition) is 3. The quantitative estimate of drug-likeness (QED) is 0.779. The Morgan fingerprint density at radius 3 is 2.36 bits per heavy atom. The monoisotopic (exact) mass is 341 g/mol. The summed E-state index contributed by atoms with van der Waals surface area (Å²) in [6.45, 7) is 8.39. The molecule has 25 heavy (non-hydrogen) atoms. The lowest BCUT2D eigenvalue weighted by Crippen LogP contribution is -2.37. The zero-order valence-electron chi connectivity index (χ0n) is 15.4. The molecule has 4 heteroatoms. The first kappa shape index (κ1) is 18.8. The highest BCUT2D eigenvalue weighted by molar-refractivity contribution is 5.81. The molecular formula is C21H27NO3. The normalized spacial score (nSPS) is 13.0. The smallest absolute Gasteiger partial charge is 0.261 e. The number of aryl methyl sites for hydroxylation is 1. The predicted octanol–water partition coefficient (Wildman–Crippen LogP) is 4.29. The highest BCUT2D eigenvalue weighted by Crippen LogP contribution is 2.21. The molecule has 2 aromatic rings. The number of benzene rings is 2. The topological polar surface area (TPSA) is 47.6 Å². The maximum absolute atomic E-state index is 12.4. The second-order valence-electron chi connectivity index (χ2n) is 5.95. The average molecular weight is 341 g/mol. The van der Waals surface area contributed by atoms with Crippen molar-refractivity contribution in [3.05, 3.63) is 59.7 Å². The summed E-state index contributed by atoms with van der Waals surface area (Å²) >= 11 is 0. The summed E-state index contributed by atoms with van der Waals surface area (Å²) in [6.07, 6.45) is 0.311. The zero-order valence-corrected chi connectivity index (χ0v) is 15.4. The molecule has 4 nitrogen and oxygen atoms in total. The van der Waals surface area contributed by atoms with Crippen LogP contribution in [0.4, 0.5) is 0 Å². The van der Waals surface area contributed by atoms with Crippen LogP contribution in [0.1, 0.15) is 44.9 Å². The van der Waals surface area contributed by atoms with E-state index in [4.69, 9.17) is 9.47 Å². The zero-order chi connectivity index (χ0) is 18.2. The third-order valence-electron chi connectivity index (χ3n) is 4.08. The molecule has 0 saturated heterocycles. The fourth-order valence-electron chi connectivity index (χ4n) is 2.59. The second kappa shape index (κ2) is 9.11. The molecule has 0 spiro atoms. The maximum atomic E-state index is 12.4. The molecular weight excluding hydrogens is 314 g/mol. The highest BCUT2D eigenvalue weighted by atomic mass is 16.5. The third kappa shape index (κ3) is 5.24. The Balaban J connectivity index is 1.95. The first-order chi connectivity index (χ1) is 12.0. The average Bonchev–Trinajstić information content (AvgIpc) is 2.63. The van der Waals surface area contributed by atoms with Gasteiger partial charge in [0.1, 0.15) is 11.5 Å². The van der Waals surface area contributed by atoms with Crippen molar-refractivity contribution in [1.29, 1.82) is 0 Å². The Hall–Kier alpha value is -2.49. The van der Waals surface area contributed by atoms with Gasteiger partial charge in [0, 0.05) is 0 Å². The van der Waals surface area contributed by atoms with Crippen LogP contribution in [0.5, 0.6) is 11.5 Å². The van der Waals surface area contributed by atoms with Crippen molar-refractivity contribution in [3.8, 4) is 11.5 Å². The summed E-state index contributed by atoms with van der Waals surface area (Å²) in [7, 11) is 0. The van der Waals surface area contributed by atoms with E-state index in [0.717, 1.165) is 29.0 Å². The van der Waals surface area contributed by atoms with Crippen molar-refractivity contribution >= 4 is 5.91 Å². The molecule has 0 fully saturated rings. The van der Waals surface area contributed by atoms with Gasteiger partial charge in [0.05, 0.1) is 12.6 Å². The molecule has 0 aromatic heterocycles. The van der Waals surface area contributed by atoms with Gasteiger partial charge >= 0.3 is 0 Å². The van der Waals surface area contributed by atoms with Crippen molar-refractivity contribution < 1.29 is 14.3 Å². The van der Waals surface area contributed by atoms with Gasteiger partial charge in [0.2, 0.25) is 0 Å². The van der Waals surface area contributed by atoms with Crippen LogP contribution in [-0.4, -0.2) is 18.6 Å². The van der Waals surface area contributed by atoms with Crippen molar-refractivity contribution in [2.24, 2.45) is 0 Å². The lowest BCUT2D eigenvalue weighted by atomic mass is 10.1. The van der Waals surface area contributed by atoms with Crippen LogP contribution in [0.15, 0.2) is 48.5 Å². The Bertz CT molecular complexity index is 682. The Morgan fingerprint density at radius 2 is 1.72 bits per heavy atom. The number of ether oxygens (including phenoxy) is 2. The summed E-state index contributed by atoms with van der Waals surface area (Å²) in [5.74, 6) is 1.46. The lowest BCUT2D eigenvalue weighted by Gasteiger charge is -2.20. The molecule has 0 saturated carbocycles.